The minimum absolute atomic E-state index is 0.0506. The maximum Gasteiger partial charge on any atom is 0.224 e. The van der Waals surface area contributed by atoms with Gasteiger partial charge in [-0.2, -0.15) is 0 Å². The summed E-state index contributed by atoms with van der Waals surface area (Å²) in [4.78, 5) is 17.4. The summed E-state index contributed by atoms with van der Waals surface area (Å²) in [6.07, 6.45) is 7.40. The number of nitrogens with one attached hydrogen (secondary N) is 1. The fourth-order valence-corrected chi connectivity index (χ4v) is 4.45. The van der Waals surface area contributed by atoms with Crippen LogP contribution in [0, 0.1) is 0 Å². The molecule has 1 amide bonds. The SMILES string of the molecule is CCCCCCCn1c(CCNC(=O)Cc2ccc(-c3ccccc3)cc2)nc2ccccc21. The number of aromatic nitrogens is 2. The number of benzene rings is 3. The highest BCUT2D eigenvalue weighted by atomic mass is 16.1. The molecule has 4 nitrogen and oxygen atoms in total. The molecule has 0 aliphatic heterocycles. The third kappa shape index (κ3) is 6.34. The van der Waals surface area contributed by atoms with E-state index in [1.807, 2.05) is 36.4 Å². The molecule has 4 aromatic rings. The molecule has 1 heterocycles. The molecule has 0 radical (unpaired) electrons. The molecule has 0 atom stereocenters. The fourth-order valence-electron chi connectivity index (χ4n) is 4.45. The molecule has 176 valence electrons. The van der Waals surface area contributed by atoms with Crippen LogP contribution < -0.4 is 5.32 Å². The van der Waals surface area contributed by atoms with Crippen molar-refractivity contribution in [3.05, 3.63) is 90.3 Å². The highest BCUT2D eigenvalue weighted by Gasteiger charge is 2.11. The number of para-hydroxylation sites is 2. The number of imidazole rings is 1. The lowest BCUT2D eigenvalue weighted by molar-refractivity contribution is -0.120. The average molecular weight is 454 g/mol. The number of aryl methyl sites for hydroxylation is 1. The van der Waals surface area contributed by atoms with Crippen molar-refractivity contribution in [2.45, 2.75) is 58.4 Å². The van der Waals surface area contributed by atoms with E-state index in [-0.39, 0.29) is 5.91 Å². The number of unbranched alkanes of at least 4 members (excludes halogenated alkanes) is 4. The van der Waals surface area contributed by atoms with E-state index in [1.165, 1.54) is 48.7 Å². The Hall–Kier alpha value is -3.40. The van der Waals surface area contributed by atoms with Crippen LogP contribution in [-0.2, 0) is 24.2 Å². The summed E-state index contributed by atoms with van der Waals surface area (Å²) in [6.45, 7) is 3.83. The van der Waals surface area contributed by atoms with Crippen molar-refractivity contribution in [2.24, 2.45) is 0 Å². The van der Waals surface area contributed by atoms with Gasteiger partial charge in [-0.15, -0.1) is 0 Å². The quantitative estimate of drug-likeness (QED) is 0.246. The Morgan fingerprint density at radius 2 is 1.53 bits per heavy atom. The summed E-state index contributed by atoms with van der Waals surface area (Å²) in [5.74, 6) is 1.11. The van der Waals surface area contributed by atoms with Gasteiger partial charge in [0.2, 0.25) is 5.91 Å². The van der Waals surface area contributed by atoms with E-state index in [2.05, 4.69) is 59.3 Å². The van der Waals surface area contributed by atoms with Crippen molar-refractivity contribution < 1.29 is 4.79 Å². The summed E-state index contributed by atoms with van der Waals surface area (Å²) < 4.78 is 2.34. The van der Waals surface area contributed by atoms with Crippen LogP contribution in [0.5, 0.6) is 0 Å². The number of hydrogen-bond acceptors (Lipinski definition) is 2. The second-order valence-corrected chi connectivity index (χ2v) is 8.92. The molecule has 3 aromatic carbocycles. The van der Waals surface area contributed by atoms with Crippen molar-refractivity contribution in [1.82, 2.24) is 14.9 Å². The number of fused-ring (bicyclic) bond motifs is 1. The van der Waals surface area contributed by atoms with Crippen molar-refractivity contribution in [3.8, 4) is 11.1 Å². The average Bonchev–Trinajstić information content (AvgIpc) is 3.22. The Kier molecular flexibility index (Phi) is 8.50. The highest BCUT2D eigenvalue weighted by Crippen LogP contribution is 2.20. The van der Waals surface area contributed by atoms with Gasteiger partial charge in [-0.3, -0.25) is 4.79 Å². The molecule has 0 aliphatic rings. The summed E-state index contributed by atoms with van der Waals surface area (Å²) in [5, 5.41) is 3.09. The summed E-state index contributed by atoms with van der Waals surface area (Å²) in [5.41, 5.74) is 5.61. The molecular weight excluding hydrogens is 418 g/mol. The van der Waals surface area contributed by atoms with Gasteiger partial charge in [0.25, 0.3) is 0 Å². The van der Waals surface area contributed by atoms with Gasteiger partial charge in [0.15, 0.2) is 0 Å². The van der Waals surface area contributed by atoms with E-state index >= 15 is 0 Å². The van der Waals surface area contributed by atoms with Crippen LogP contribution in [0.3, 0.4) is 0 Å². The molecule has 0 spiro atoms. The standard InChI is InChI=1S/C30H35N3O/c1-2-3-4-5-11-22-33-28-15-10-9-14-27(28)32-29(33)20-21-31-30(34)23-24-16-18-26(19-17-24)25-12-7-6-8-13-25/h6-10,12-19H,2-5,11,20-23H2,1H3,(H,31,34). The van der Waals surface area contributed by atoms with E-state index in [0.29, 0.717) is 13.0 Å². The van der Waals surface area contributed by atoms with Gasteiger partial charge >= 0.3 is 0 Å². The number of nitrogens with zero attached hydrogens (tertiary/aromatic N) is 2. The number of carbonyl (C=O) groups excluding carboxylic acids is 1. The molecule has 0 fully saturated rings. The number of rotatable bonds is 12. The second-order valence-electron chi connectivity index (χ2n) is 8.92. The molecule has 1 N–H and O–H groups in total. The largest absolute Gasteiger partial charge is 0.355 e. The first-order chi connectivity index (χ1) is 16.7. The van der Waals surface area contributed by atoms with Crippen molar-refractivity contribution in [3.63, 3.8) is 0 Å². The molecule has 1 aromatic heterocycles. The summed E-state index contributed by atoms with van der Waals surface area (Å²) in [6, 6.07) is 26.9. The van der Waals surface area contributed by atoms with Crippen LogP contribution >= 0.6 is 0 Å². The van der Waals surface area contributed by atoms with Crippen LogP contribution in [0.1, 0.15) is 50.4 Å². The minimum Gasteiger partial charge on any atom is -0.355 e. The molecule has 4 rings (SSSR count). The lowest BCUT2D eigenvalue weighted by Gasteiger charge is -2.10. The molecule has 0 unspecified atom stereocenters. The topological polar surface area (TPSA) is 46.9 Å². The molecule has 0 aliphatic carbocycles. The Morgan fingerprint density at radius 3 is 2.32 bits per heavy atom. The van der Waals surface area contributed by atoms with Gasteiger partial charge in [-0.25, -0.2) is 4.98 Å². The van der Waals surface area contributed by atoms with Crippen LogP contribution in [0.25, 0.3) is 22.2 Å². The lowest BCUT2D eigenvalue weighted by atomic mass is 10.0. The predicted octanol–water partition coefficient (Wildman–Crippen LogP) is 6.58. The second kappa shape index (κ2) is 12.2. The normalized spacial score (nSPS) is 11.1. The Bertz CT molecular complexity index is 1180. The highest BCUT2D eigenvalue weighted by molar-refractivity contribution is 5.79. The van der Waals surface area contributed by atoms with Gasteiger partial charge in [0.1, 0.15) is 5.82 Å². The fraction of sp³-hybridized carbons (Fsp3) is 0.333. The predicted molar refractivity (Wildman–Crippen MR) is 141 cm³/mol. The van der Waals surface area contributed by atoms with Crippen LogP contribution in [-0.4, -0.2) is 22.0 Å². The van der Waals surface area contributed by atoms with Crippen molar-refractivity contribution in [1.29, 1.82) is 0 Å². The number of amides is 1. The summed E-state index contributed by atoms with van der Waals surface area (Å²) in [7, 11) is 0. The van der Waals surface area contributed by atoms with Gasteiger partial charge in [-0.05, 0) is 35.2 Å². The zero-order chi connectivity index (χ0) is 23.6. The van der Waals surface area contributed by atoms with E-state index in [9.17, 15) is 4.79 Å². The first kappa shape index (κ1) is 23.7. The van der Waals surface area contributed by atoms with Crippen LogP contribution in [0.15, 0.2) is 78.9 Å². The molecular formula is C30H35N3O. The summed E-state index contributed by atoms with van der Waals surface area (Å²) >= 11 is 0. The van der Waals surface area contributed by atoms with E-state index in [4.69, 9.17) is 4.98 Å². The minimum atomic E-state index is 0.0506. The van der Waals surface area contributed by atoms with Gasteiger partial charge in [0, 0.05) is 19.5 Å². The first-order valence-corrected chi connectivity index (χ1v) is 12.6. The van der Waals surface area contributed by atoms with E-state index < -0.39 is 0 Å². The van der Waals surface area contributed by atoms with Gasteiger partial charge in [-0.1, -0.05) is 99.3 Å². The third-order valence-electron chi connectivity index (χ3n) is 6.32. The van der Waals surface area contributed by atoms with E-state index in [1.54, 1.807) is 0 Å². The maximum atomic E-state index is 12.5. The lowest BCUT2D eigenvalue weighted by Crippen LogP contribution is -2.28. The van der Waals surface area contributed by atoms with E-state index in [0.717, 1.165) is 29.9 Å². The maximum absolute atomic E-state index is 12.5. The van der Waals surface area contributed by atoms with Crippen LogP contribution in [0.4, 0.5) is 0 Å². The smallest absolute Gasteiger partial charge is 0.224 e. The molecule has 0 bridgehead atoms. The van der Waals surface area contributed by atoms with Gasteiger partial charge < -0.3 is 9.88 Å². The van der Waals surface area contributed by atoms with Crippen molar-refractivity contribution in [2.75, 3.05) is 6.54 Å². The number of hydrogen-bond donors (Lipinski definition) is 1. The Morgan fingerprint density at radius 1 is 0.824 bits per heavy atom. The zero-order valence-corrected chi connectivity index (χ0v) is 20.2. The molecule has 4 heteroatoms. The molecule has 0 saturated carbocycles. The number of carbonyl (C=O) groups is 1. The monoisotopic (exact) mass is 453 g/mol. The van der Waals surface area contributed by atoms with Crippen molar-refractivity contribution >= 4 is 16.9 Å². The Labute approximate surface area is 203 Å². The van der Waals surface area contributed by atoms with Gasteiger partial charge in [0.05, 0.1) is 17.5 Å². The Balaban J connectivity index is 1.30. The molecule has 0 saturated heterocycles. The molecule has 34 heavy (non-hydrogen) atoms. The third-order valence-corrected chi connectivity index (χ3v) is 6.32. The van der Waals surface area contributed by atoms with Crippen LogP contribution in [0.2, 0.25) is 0 Å². The first-order valence-electron chi connectivity index (χ1n) is 12.6. The zero-order valence-electron chi connectivity index (χ0n) is 20.2.